The number of hydrogen-bond donors (Lipinski definition) is 1. The predicted octanol–water partition coefficient (Wildman–Crippen LogP) is 0.00450. The third kappa shape index (κ3) is 3.50. The molecule has 0 aromatic carbocycles. The van der Waals surface area contributed by atoms with E-state index in [0.29, 0.717) is 31.1 Å². The van der Waals surface area contributed by atoms with Crippen LogP contribution in [0.1, 0.15) is 0 Å². The van der Waals surface area contributed by atoms with Gasteiger partial charge < -0.3 is 19.7 Å². The highest BCUT2D eigenvalue weighted by atomic mass is 16.5. The summed E-state index contributed by atoms with van der Waals surface area (Å²) < 4.78 is 10.2. The number of hydrogen-bond acceptors (Lipinski definition) is 7. The molecule has 0 amide bonds. The van der Waals surface area contributed by atoms with Crippen molar-refractivity contribution in [2.45, 2.75) is 0 Å². The van der Waals surface area contributed by atoms with Gasteiger partial charge in [0.15, 0.2) is 0 Å². The third-order valence-electron chi connectivity index (χ3n) is 1.75. The SMILES string of the molecule is CNc1nc(OCCOC)nc(N(C)C)n1. The number of methoxy groups -OCH3 is 1. The van der Waals surface area contributed by atoms with Crippen molar-refractivity contribution in [1.82, 2.24) is 15.0 Å². The Morgan fingerprint density at radius 2 is 1.94 bits per heavy atom. The molecule has 0 saturated heterocycles. The lowest BCUT2D eigenvalue weighted by Crippen LogP contribution is -2.16. The Bertz CT molecular complexity index is 332. The van der Waals surface area contributed by atoms with E-state index in [2.05, 4.69) is 20.3 Å². The second kappa shape index (κ2) is 6.06. The summed E-state index contributed by atoms with van der Waals surface area (Å²) in [5.41, 5.74) is 0. The molecule has 0 bridgehead atoms. The fourth-order valence-corrected chi connectivity index (χ4v) is 0.939. The van der Waals surface area contributed by atoms with E-state index < -0.39 is 0 Å². The minimum Gasteiger partial charge on any atom is -0.461 e. The largest absolute Gasteiger partial charge is 0.461 e. The number of nitrogens with one attached hydrogen (secondary N) is 1. The molecule has 1 rings (SSSR count). The second-order valence-electron chi connectivity index (χ2n) is 3.23. The van der Waals surface area contributed by atoms with Crippen LogP contribution in [0.4, 0.5) is 11.9 Å². The van der Waals surface area contributed by atoms with E-state index in [1.165, 1.54) is 0 Å². The summed E-state index contributed by atoms with van der Waals surface area (Å²) in [4.78, 5) is 14.2. The maximum atomic E-state index is 5.33. The first-order valence-electron chi connectivity index (χ1n) is 4.90. The van der Waals surface area contributed by atoms with Crippen molar-refractivity contribution in [3.63, 3.8) is 0 Å². The van der Waals surface area contributed by atoms with Crippen molar-refractivity contribution in [3.8, 4) is 6.01 Å². The Kier molecular flexibility index (Phi) is 4.71. The molecule has 16 heavy (non-hydrogen) atoms. The summed E-state index contributed by atoms with van der Waals surface area (Å²) in [6.45, 7) is 0.911. The maximum Gasteiger partial charge on any atom is 0.323 e. The van der Waals surface area contributed by atoms with E-state index in [9.17, 15) is 0 Å². The van der Waals surface area contributed by atoms with E-state index in [1.807, 2.05) is 14.1 Å². The molecule has 90 valence electrons. The minimum atomic E-state index is 0.292. The Balaban J connectivity index is 2.78. The van der Waals surface area contributed by atoms with Gasteiger partial charge in [0.05, 0.1) is 6.61 Å². The van der Waals surface area contributed by atoms with Crippen LogP contribution in [0, 0.1) is 0 Å². The molecular weight excluding hydrogens is 210 g/mol. The van der Waals surface area contributed by atoms with Crippen molar-refractivity contribution in [1.29, 1.82) is 0 Å². The smallest absolute Gasteiger partial charge is 0.323 e. The van der Waals surface area contributed by atoms with E-state index in [0.717, 1.165) is 0 Å². The zero-order valence-corrected chi connectivity index (χ0v) is 10.0. The Labute approximate surface area is 94.8 Å². The zero-order valence-electron chi connectivity index (χ0n) is 10.0. The lowest BCUT2D eigenvalue weighted by molar-refractivity contribution is 0.141. The van der Waals surface area contributed by atoms with Crippen molar-refractivity contribution in [2.24, 2.45) is 0 Å². The molecule has 0 saturated carbocycles. The summed E-state index contributed by atoms with van der Waals surface area (Å²) >= 11 is 0. The number of anilines is 2. The van der Waals surface area contributed by atoms with Crippen LogP contribution in [0.3, 0.4) is 0 Å². The summed E-state index contributed by atoms with van der Waals surface area (Å²) in [5, 5.41) is 2.85. The van der Waals surface area contributed by atoms with Crippen LogP contribution in [0.15, 0.2) is 0 Å². The molecular formula is C9H17N5O2. The van der Waals surface area contributed by atoms with Gasteiger partial charge in [-0.3, -0.25) is 0 Å². The predicted molar refractivity (Wildman–Crippen MR) is 61.1 cm³/mol. The molecule has 0 spiro atoms. The first kappa shape index (κ1) is 12.4. The fraction of sp³-hybridized carbons (Fsp3) is 0.667. The third-order valence-corrected chi connectivity index (χ3v) is 1.75. The summed E-state index contributed by atoms with van der Waals surface area (Å²) in [6, 6.07) is 0.292. The number of rotatable bonds is 6. The highest BCUT2D eigenvalue weighted by Crippen LogP contribution is 2.12. The van der Waals surface area contributed by atoms with Gasteiger partial charge in [-0.1, -0.05) is 0 Å². The van der Waals surface area contributed by atoms with Gasteiger partial charge in [-0.05, 0) is 0 Å². The molecule has 7 heteroatoms. The Hall–Kier alpha value is -1.63. The van der Waals surface area contributed by atoms with Crippen molar-refractivity contribution >= 4 is 11.9 Å². The lowest BCUT2D eigenvalue weighted by Gasteiger charge is -2.12. The first-order chi connectivity index (χ1) is 7.67. The quantitative estimate of drug-likeness (QED) is 0.686. The molecule has 0 aliphatic rings. The van der Waals surface area contributed by atoms with E-state index >= 15 is 0 Å². The molecule has 0 aliphatic heterocycles. The van der Waals surface area contributed by atoms with Crippen LogP contribution in [-0.4, -0.2) is 56.4 Å². The first-order valence-corrected chi connectivity index (χ1v) is 4.90. The van der Waals surface area contributed by atoms with Gasteiger partial charge in [-0.15, -0.1) is 0 Å². The van der Waals surface area contributed by atoms with E-state index in [-0.39, 0.29) is 0 Å². The van der Waals surface area contributed by atoms with Gasteiger partial charge in [0, 0.05) is 28.3 Å². The van der Waals surface area contributed by atoms with Gasteiger partial charge >= 0.3 is 6.01 Å². The molecule has 1 heterocycles. The molecule has 7 nitrogen and oxygen atoms in total. The standard InChI is InChI=1S/C9H17N5O2/c1-10-7-11-8(14(2)3)13-9(12-7)16-6-5-15-4/h5-6H2,1-4H3,(H,10,11,12,13). The normalized spacial score (nSPS) is 10.0. The van der Waals surface area contributed by atoms with Crippen molar-refractivity contribution in [2.75, 3.05) is 51.7 Å². The van der Waals surface area contributed by atoms with Crippen molar-refractivity contribution < 1.29 is 9.47 Å². The Morgan fingerprint density at radius 3 is 2.50 bits per heavy atom. The topological polar surface area (TPSA) is 72.4 Å². The van der Waals surface area contributed by atoms with Gasteiger partial charge in [-0.2, -0.15) is 15.0 Å². The van der Waals surface area contributed by atoms with E-state index in [4.69, 9.17) is 9.47 Å². The highest BCUT2D eigenvalue weighted by molar-refractivity contribution is 5.36. The van der Waals surface area contributed by atoms with Crippen LogP contribution in [0.25, 0.3) is 0 Å². The minimum absolute atomic E-state index is 0.292. The molecule has 1 aromatic heterocycles. The molecule has 0 unspecified atom stereocenters. The fourth-order valence-electron chi connectivity index (χ4n) is 0.939. The van der Waals surface area contributed by atoms with Crippen molar-refractivity contribution in [3.05, 3.63) is 0 Å². The number of ether oxygens (including phenoxy) is 2. The second-order valence-corrected chi connectivity index (χ2v) is 3.23. The van der Waals surface area contributed by atoms with Gasteiger partial charge in [0.25, 0.3) is 0 Å². The highest BCUT2D eigenvalue weighted by Gasteiger charge is 2.07. The zero-order chi connectivity index (χ0) is 12.0. The van der Waals surface area contributed by atoms with Gasteiger partial charge in [0.1, 0.15) is 6.61 Å². The monoisotopic (exact) mass is 227 g/mol. The van der Waals surface area contributed by atoms with Crippen LogP contribution < -0.4 is 15.0 Å². The van der Waals surface area contributed by atoms with E-state index in [1.54, 1.807) is 19.1 Å². The van der Waals surface area contributed by atoms with Crippen LogP contribution in [-0.2, 0) is 4.74 Å². The molecule has 0 fully saturated rings. The maximum absolute atomic E-state index is 5.33. The molecule has 1 aromatic rings. The average Bonchev–Trinajstić information content (AvgIpc) is 2.29. The van der Waals surface area contributed by atoms with Gasteiger partial charge in [-0.25, -0.2) is 0 Å². The Morgan fingerprint density at radius 1 is 1.19 bits per heavy atom. The van der Waals surface area contributed by atoms with Crippen LogP contribution >= 0.6 is 0 Å². The summed E-state index contributed by atoms with van der Waals surface area (Å²) in [7, 11) is 7.07. The van der Waals surface area contributed by atoms with Crippen LogP contribution in [0.2, 0.25) is 0 Å². The molecule has 0 atom stereocenters. The number of aromatic nitrogens is 3. The lowest BCUT2D eigenvalue weighted by atomic mass is 10.7. The molecule has 1 N–H and O–H groups in total. The molecule has 0 radical (unpaired) electrons. The summed E-state index contributed by atoms with van der Waals surface area (Å²) in [6.07, 6.45) is 0. The number of nitrogens with zero attached hydrogens (tertiary/aromatic N) is 4. The molecule has 0 aliphatic carbocycles. The summed E-state index contributed by atoms with van der Waals surface area (Å²) in [5.74, 6) is 1.03. The average molecular weight is 227 g/mol. The van der Waals surface area contributed by atoms with Crippen LogP contribution in [0.5, 0.6) is 6.01 Å². The van der Waals surface area contributed by atoms with Gasteiger partial charge in [0.2, 0.25) is 11.9 Å².